The SMILES string of the molecule is Cc1nc(Br)cc(N(C)Cc2scnc2C)n1. The van der Waals surface area contributed by atoms with Crippen LogP contribution in [-0.4, -0.2) is 22.0 Å². The molecule has 2 rings (SSSR count). The van der Waals surface area contributed by atoms with Crippen molar-refractivity contribution in [1.29, 1.82) is 0 Å². The molecule has 0 aliphatic carbocycles. The predicted molar refractivity (Wildman–Crippen MR) is 73.4 cm³/mol. The van der Waals surface area contributed by atoms with Gasteiger partial charge in [0.2, 0.25) is 0 Å². The lowest BCUT2D eigenvalue weighted by Crippen LogP contribution is -2.18. The Kier molecular flexibility index (Phi) is 3.73. The summed E-state index contributed by atoms with van der Waals surface area (Å²) >= 11 is 5.06. The number of aryl methyl sites for hydroxylation is 2. The molecule has 0 aliphatic rings. The lowest BCUT2D eigenvalue weighted by Gasteiger charge is -2.17. The molecule has 0 unspecified atom stereocenters. The van der Waals surface area contributed by atoms with Gasteiger partial charge in [-0.05, 0) is 29.8 Å². The van der Waals surface area contributed by atoms with E-state index in [1.807, 2.05) is 32.5 Å². The maximum Gasteiger partial charge on any atom is 0.133 e. The van der Waals surface area contributed by atoms with Crippen molar-refractivity contribution in [2.24, 2.45) is 0 Å². The number of rotatable bonds is 3. The quantitative estimate of drug-likeness (QED) is 0.817. The van der Waals surface area contributed by atoms with E-state index in [1.54, 1.807) is 11.3 Å². The lowest BCUT2D eigenvalue weighted by atomic mass is 10.3. The molecule has 0 radical (unpaired) electrons. The summed E-state index contributed by atoms with van der Waals surface area (Å²) in [5.41, 5.74) is 2.96. The molecule has 17 heavy (non-hydrogen) atoms. The molecule has 0 bridgehead atoms. The minimum absolute atomic E-state index is 0.766. The maximum atomic E-state index is 4.41. The Balaban J connectivity index is 2.20. The van der Waals surface area contributed by atoms with E-state index in [0.29, 0.717) is 0 Å². The van der Waals surface area contributed by atoms with Crippen LogP contribution in [0, 0.1) is 13.8 Å². The summed E-state index contributed by atoms with van der Waals surface area (Å²) in [6, 6.07) is 1.92. The first-order valence-electron chi connectivity index (χ1n) is 5.17. The van der Waals surface area contributed by atoms with Crippen LogP contribution < -0.4 is 4.90 Å². The zero-order valence-corrected chi connectivity index (χ0v) is 12.3. The molecule has 2 aromatic heterocycles. The summed E-state index contributed by atoms with van der Waals surface area (Å²) in [7, 11) is 2.02. The average molecular weight is 313 g/mol. The second kappa shape index (κ2) is 5.10. The minimum atomic E-state index is 0.766. The molecule has 2 heterocycles. The topological polar surface area (TPSA) is 41.9 Å². The Hall–Kier alpha value is -1.01. The molecule has 0 saturated carbocycles. The largest absolute Gasteiger partial charge is 0.354 e. The molecule has 6 heteroatoms. The predicted octanol–water partition coefficient (Wildman–Crippen LogP) is 2.95. The molecular weight excluding hydrogens is 300 g/mol. The molecule has 90 valence electrons. The van der Waals surface area contributed by atoms with Crippen LogP contribution in [0.4, 0.5) is 5.82 Å². The van der Waals surface area contributed by atoms with E-state index in [-0.39, 0.29) is 0 Å². The Bertz CT molecular complexity index is 506. The van der Waals surface area contributed by atoms with Crippen molar-refractivity contribution in [1.82, 2.24) is 15.0 Å². The second-order valence-corrected chi connectivity index (χ2v) is 5.56. The van der Waals surface area contributed by atoms with Crippen LogP contribution in [0.1, 0.15) is 16.4 Å². The molecule has 0 atom stereocenters. The molecule has 0 aromatic carbocycles. The van der Waals surface area contributed by atoms with E-state index in [4.69, 9.17) is 0 Å². The number of aromatic nitrogens is 3. The van der Waals surface area contributed by atoms with E-state index >= 15 is 0 Å². The van der Waals surface area contributed by atoms with E-state index in [2.05, 4.69) is 35.8 Å². The van der Waals surface area contributed by atoms with Crippen molar-refractivity contribution in [3.05, 3.63) is 32.6 Å². The monoisotopic (exact) mass is 312 g/mol. The third-order valence-electron chi connectivity index (χ3n) is 2.41. The molecule has 0 aliphatic heterocycles. The molecular formula is C11H13BrN4S. The summed E-state index contributed by atoms with van der Waals surface area (Å²) in [6.45, 7) is 4.74. The summed E-state index contributed by atoms with van der Waals surface area (Å²) in [4.78, 5) is 16.2. The number of halogens is 1. The molecule has 4 nitrogen and oxygen atoms in total. The Morgan fingerprint density at radius 2 is 2.12 bits per heavy atom. The van der Waals surface area contributed by atoms with E-state index in [9.17, 15) is 0 Å². The Morgan fingerprint density at radius 1 is 1.35 bits per heavy atom. The molecule has 0 saturated heterocycles. The number of thiazole rings is 1. The zero-order valence-electron chi connectivity index (χ0n) is 9.94. The van der Waals surface area contributed by atoms with Crippen LogP contribution in [0.2, 0.25) is 0 Å². The normalized spacial score (nSPS) is 10.6. The standard InChI is InChI=1S/C11H13BrN4S/c1-7-9(17-6-13-7)5-16(3)11-4-10(12)14-8(2)15-11/h4,6H,5H2,1-3H3. The summed E-state index contributed by atoms with van der Waals surface area (Å²) in [5, 5.41) is 0. The fourth-order valence-corrected chi connectivity index (χ4v) is 2.78. The molecule has 0 N–H and O–H groups in total. The first kappa shape index (κ1) is 12.4. The van der Waals surface area contributed by atoms with Gasteiger partial charge in [-0.1, -0.05) is 0 Å². The van der Waals surface area contributed by atoms with E-state index in [0.717, 1.165) is 28.5 Å². The second-order valence-electron chi connectivity index (χ2n) is 3.81. The van der Waals surface area contributed by atoms with Gasteiger partial charge in [0.1, 0.15) is 16.2 Å². The highest BCUT2D eigenvalue weighted by Crippen LogP contribution is 2.20. The molecule has 0 amide bonds. The van der Waals surface area contributed by atoms with Crippen molar-refractivity contribution in [2.45, 2.75) is 20.4 Å². The van der Waals surface area contributed by atoms with Crippen LogP contribution in [0.15, 0.2) is 16.2 Å². The smallest absolute Gasteiger partial charge is 0.133 e. The van der Waals surface area contributed by atoms with Gasteiger partial charge in [0.15, 0.2) is 0 Å². The summed E-state index contributed by atoms with van der Waals surface area (Å²) in [6.07, 6.45) is 0. The number of hydrogen-bond donors (Lipinski definition) is 0. The third-order valence-corrected chi connectivity index (χ3v) is 3.74. The number of nitrogens with zero attached hydrogens (tertiary/aromatic N) is 4. The van der Waals surface area contributed by atoms with Crippen molar-refractivity contribution in [3.63, 3.8) is 0 Å². The van der Waals surface area contributed by atoms with Crippen molar-refractivity contribution in [2.75, 3.05) is 11.9 Å². The Morgan fingerprint density at radius 3 is 2.71 bits per heavy atom. The Labute approximate surface area is 113 Å². The highest BCUT2D eigenvalue weighted by Gasteiger charge is 2.09. The van der Waals surface area contributed by atoms with Crippen LogP contribution in [0.25, 0.3) is 0 Å². The number of anilines is 1. The number of hydrogen-bond acceptors (Lipinski definition) is 5. The highest BCUT2D eigenvalue weighted by molar-refractivity contribution is 9.10. The fourth-order valence-electron chi connectivity index (χ4n) is 1.49. The third kappa shape index (κ3) is 3.01. The highest BCUT2D eigenvalue weighted by atomic mass is 79.9. The fraction of sp³-hybridized carbons (Fsp3) is 0.364. The minimum Gasteiger partial charge on any atom is -0.354 e. The van der Waals surface area contributed by atoms with Crippen LogP contribution >= 0.6 is 27.3 Å². The van der Waals surface area contributed by atoms with Crippen LogP contribution in [0.3, 0.4) is 0 Å². The van der Waals surface area contributed by atoms with Crippen molar-refractivity contribution >= 4 is 33.1 Å². The van der Waals surface area contributed by atoms with Gasteiger partial charge in [-0.3, -0.25) is 0 Å². The first-order valence-corrected chi connectivity index (χ1v) is 6.85. The van der Waals surface area contributed by atoms with Crippen LogP contribution in [0.5, 0.6) is 0 Å². The van der Waals surface area contributed by atoms with Gasteiger partial charge < -0.3 is 4.90 Å². The molecule has 0 spiro atoms. The van der Waals surface area contributed by atoms with Gasteiger partial charge in [0.05, 0.1) is 17.7 Å². The average Bonchev–Trinajstić information content (AvgIpc) is 2.63. The van der Waals surface area contributed by atoms with Crippen molar-refractivity contribution < 1.29 is 0 Å². The lowest BCUT2D eigenvalue weighted by molar-refractivity contribution is 0.878. The zero-order chi connectivity index (χ0) is 12.4. The van der Waals surface area contributed by atoms with E-state index < -0.39 is 0 Å². The van der Waals surface area contributed by atoms with Crippen molar-refractivity contribution in [3.8, 4) is 0 Å². The van der Waals surface area contributed by atoms with Gasteiger partial charge >= 0.3 is 0 Å². The van der Waals surface area contributed by atoms with Gasteiger partial charge in [-0.25, -0.2) is 15.0 Å². The summed E-state index contributed by atoms with van der Waals surface area (Å²) < 4.78 is 0.813. The van der Waals surface area contributed by atoms with Gasteiger partial charge in [0.25, 0.3) is 0 Å². The van der Waals surface area contributed by atoms with Gasteiger partial charge in [-0.15, -0.1) is 11.3 Å². The van der Waals surface area contributed by atoms with Crippen LogP contribution in [-0.2, 0) is 6.54 Å². The first-order chi connectivity index (χ1) is 8.06. The van der Waals surface area contributed by atoms with Gasteiger partial charge in [-0.2, -0.15) is 0 Å². The molecule has 0 fully saturated rings. The maximum absolute atomic E-state index is 4.41. The summed E-state index contributed by atoms with van der Waals surface area (Å²) in [5.74, 6) is 1.68. The van der Waals surface area contributed by atoms with Gasteiger partial charge in [0, 0.05) is 18.0 Å². The molecule has 2 aromatic rings. The van der Waals surface area contributed by atoms with E-state index in [1.165, 1.54) is 4.88 Å².